The van der Waals surface area contributed by atoms with Gasteiger partial charge in [-0.05, 0) is 30.3 Å². The first-order chi connectivity index (χ1) is 13.3. The fourth-order valence-electron chi connectivity index (χ4n) is 2.79. The number of hydrogen-bond acceptors (Lipinski definition) is 5. The van der Waals surface area contributed by atoms with Crippen LogP contribution in [0.15, 0.2) is 42.7 Å². The summed E-state index contributed by atoms with van der Waals surface area (Å²) >= 11 is 0. The first-order valence-electron chi connectivity index (χ1n) is 8.60. The van der Waals surface area contributed by atoms with Gasteiger partial charge in [0.15, 0.2) is 0 Å². The van der Waals surface area contributed by atoms with Gasteiger partial charge in [-0.2, -0.15) is 13.2 Å². The molecule has 2 heterocycles. The van der Waals surface area contributed by atoms with E-state index in [0.29, 0.717) is 32.1 Å². The van der Waals surface area contributed by atoms with Crippen molar-refractivity contribution in [1.82, 2.24) is 20.2 Å². The Kier molecular flexibility index (Phi) is 5.76. The summed E-state index contributed by atoms with van der Waals surface area (Å²) in [7, 11) is 0. The van der Waals surface area contributed by atoms with Gasteiger partial charge in [-0.3, -0.25) is 9.59 Å². The largest absolute Gasteiger partial charge is 0.416 e. The van der Waals surface area contributed by atoms with Crippen LogP contribution in [0.1, 0.15) is 15.9 Å². The van der Waals surface area contributed by atoms with Crippen molar-refractivity contribution < 1.29 is 22.8 Å². The molecule has 0 saturated carbocycles. The summed E-state index contributed by atoms with van der Waals surface area (Å²) in [6, 6.07) is 5.56. The Morgan fingerprint density at radius 1 is 1.00 bits per heavy atom. The van der Waals surface area contributed by atoms with Crippen LogP contribution in [0, 0.1) is 0 Å². The molecule has 1 saturated heterocycles. The van der Waals surface area contributed by atoms with Crippen LogP contribution in [-0.2, 0) is 11.0 Å². The summed E-state index contributed by atoms with van der Waals surface area (Å²) in [5.41, 5.74) is -0.771. The van der Waals surface area contributed by atoms with Gasteiger partial charge >= 0.3 is 6.18 Å². The van der Waals surface area contributed by atoms with Crippen LogP contribution >= 0.6 is 0 Å². The molecule has 148 valence electrons. The van der Waals surface area contributed by atoms with E-state index < -0.39 is 17.6 Å². The van der Waals surface area contributed by atoms with Crippen LogP contribution in [0.3, 0.4) is 0 Å². The molecule has 0 spiro atoms. The van der Waals surface area contributed by atoms with Gasteiger partial charge in [-0.1, -0.05) is 0 Å². The molecule has 0 atom stereocenters. The van der Waals surface area contributed by atoms with Gasteiger partial charge in [-0.15, -0.1) is 0 Å². The molecule has 2 aromatic rings. The molecular formula is C18H18F3N5O2. The van der Waals surface area contributed by atoms with Crippen molar-refractivity contribution >= 4 is 17.8 Å². The fourth-order valence-corrected chi connectivity index (χ4v) is 2.79. The van der Waals surface area contributed by atoms with E-state index in [0.717, 1.165) is 24.3 Å². The highest BCUT2D eigenvalue weighted by atomic mass is 19.4. The van der Waals surface area contributed by atoms with E-state index >= 15 is 0 Å². The second-order valence-corrected chi connectivity index (χ2v) is 6.17. The Morgan fingerprint density at radius 3 is 2.18 bits per heavy atom. The van der Waals surface area contributed by atoms with Gasteiger partial charge in [0.05, 0.1) is 12.1 Å². The van der Waals surface area contributed by atoms with Crippen molar-refractivity contribution in [2.45, 2.75) is 6.18 Å². The van der Waals surface area contributed by atoms with Gasteiger partial charge in [0.2, 0.25) is 11.9 Å². The Morgan fingerprint density at radius 2 is 1.61 bits per heavy atom. The maximum absolute atomic E-state index is 12.6. The molecule has 0 aliphatic carbocycles. The molecule has 0 bridgehead atoms. The van der Waals surface area contributed by atoms with Crippen molar-refractivity contribution in [3.63, 3.8) is 0 Å². The summed E-state index contributed by atoms with van der Waals surface area (Å²) in [5.74, 6) is -0.252. The average Bonchev–Trinajstić information content (AvgIpc) is 2.72. The minimum absolute atomic E-state index is 0.0619. The van der Waals surface area contributed by atoms with Gasteiger partial charge < -0.3 is 15.1 Å². The highest BCUT2D eigenvalue weighted by Crippen LogP contribution is 2.29. The number of carbonyl (C=O) groups excluding carboxylic acids is 2. The second kappa shape index (κ2) is 8.24. The lowest BCUT2D eigenvalue weighted by molar-refractivity contribution is -0.137. The average molecular weight is 393 g/mol. The normalized spacial score (nSPS) is 14.7. The molecule has 0 unspecified atom stereocenters. The van der Waals surface area contributed by atoms with E-state index in [4.69, 9.17) is 0 Å². The highest BCUT2D eigenvalue weighted by molar-refractivity contribution is 5.96. The summed E-state index contributed by atoms with van der Waals surface area (Å²) < 4.78 is 37.7. The molecule has 7 nitrogen and oxygen atoms in total. The Bertz CT molecular complexity index is 819. The lowest BCUT2D eigenvalue weighted by Gasteiger charge is -2.34. The molecule has 1 aliphatic heterocycles. The number of halogens is 3. The molecule has 1 aromatic heterocycles. The van der Waals surface area contributed by atoms with E-state index in [-0.39, 0.29) is 18.0 Å². The molecule has 1 aromatic carbocycles. The third kappa shape index (κ3) is 4.76. The number of benzene rings is 1. The Labute approximate surface area is 159 Å². The topological polar surface area (TPSA) is 78.4 Å². The van der Waals surface area contributed by atoms with Crippen molar-refractivity contribution in [2.24, 2.45) is 0 Å². The van der Waals surface area contributed by atoms with E-state index in [9.17, 15) is 22.8 Å². The molecule has 1 N–H and O–H groups in total. The van der Waals surface area contributed by atoms with Crippen molar-refractivity contribution in [2.75, 3.05) is 37.6 Å². The Hall–Kier alpha value is -3.17. The highest BCUT2D eigenvalue weighted by Gasteiger charge is 2.30. The SMILES string of the molecule is O=C(NCC(=O)N1CCN(c2ncccn2)CC1)c1ccc(C(F)(F)F)cc1. The molecule has 2 amide bonds. The fraction of sp³-hybridized carbons (Fsp3) is 0.333. The van der Waals surface area contributed by atoms with Crippen LogP contribution in [-0.4, -0.2) is 59.4 Å². The number of nitrogens with zero attached hydrogens (tertiary/aromatic N) is 4. The summed E-state index contributed by atoms with van der Waals surface area (Å²) in [6.45, 7) is 1.85. The van der Waals surface area contributed by atoms with Gasteiger partial charge in [0.1, 0.15) is 0 Å². The zero-order chi connectivity index (χ0) is 20.1. The third-order valence-electron chi connectivity index (χ3n) is 4.34. The van der Waals surface area contributed by atoms with Crippen LogP contribution in [0.2, 0.25) is 0 Å². The molecule has 0 radical (unpaired) electrons. The molecule has 10 heteroatoms. The van der Waals surface area contributed by atoms with Crippen molar-refractivity contribution in [3.8, 4) is 0 Å². The number of nitrogens with one attached hydrogen (secondary N) is 1. The number of rotatable bonds is 4. The molecule has 1 aliphatic rings. The van der Waals surface area contributed by atoms with Crippen molar-refractivity contribution in [3.05, 3.63) is 53.9 Å². The van der Waals surface area contributed by atoms with Gasteiger partial charge in [0.25, 0.3) is 5.91 Å². The zero-order valence-corrected chi connectivity index (χ0v) is 14.8. The maximum atomic E-state index is 12.6. The molecule has 3 rings (SSSR count). The number of piperazine rings is 1. The number of amides is 2. The van der Waals surface area contributed by atoms with Crippen LogP contribution in [0.4, 0.5) is 19.1 Å². The summed E-state index contributed by atoms with van der Waals surface area (Å²) in [6.07, 6.45) is -1.16. The number of aromatic nitrogens is 2. The first kappa shape index (κ1) is 19.6. The Balaban J connectivity index is 1.47. The zero-order valence-electron chi connectivity index (χ0n) is 14.8. The first-order valence-corrected chi connectivity index (χ1v) is 8.60. The molecule has 1 fully saturated rings. The smallest absolute Gasteiger partial charge is 0.343 e. The molecular weight excluding hydrogens is 375 g/mol. The minimum Gasteiger partial charge on any atom is -0.343 e. The summed E-state index contributed by atoms with van der Waals surface area (Å²) in [5, 5.41) is 2.45. The maximum Gasteiger partial charge on any atom is 0.416 e. The quantitative estimate of drug-likeness (QED) is 0.853. The van der Waals surface area contributed by atoms with E-state index in [1.165, 1.54) is 0 Å². The minimum atomic E-state index is -4.46. The predicted molar refractivity (Wildman–Crippen MR) is 94.6 cm³/mol. The van der Waals surface area contributed by atoms with Gasteiger partial charge in [-0.25, -0.2) is 9.97 Å². The number of carbonyl (C=O) groups is 2. The standard InChI is InChI=1S/C18H18F3N5O2/c19-18(20,21)14-4-2-13(3-5-14)16(28)24-12-15(27)25-8-10-26(11-9-25)17-22-6-1-7-23-17/h1-7H,8-12H2,(H,24,28). The van der Waals surface area contributed by atoms with Crippen molar-refractivity contribution in [1.29, 1.82) is 0 Å². The lowest BCUT2D eigenvalue weighted by Crippen LogP contribution is -2.51. The summed E-state index contributed by atoms with van der Waals surface area (Å²) in [4.78, 5) is 36.2. The van der Waals surface area contributed by atoms with Crippen LogP contribution in [0.5, 0.6) is 0 Å². The van der Waals surface area contributed by atoms with E-state index in [2.05, 4.69) is 15.3 Å². The second-order valence-electron chi connectivity index (χ2n) is 6.17. The third-order valence-corrected chi connectivity index (χ3v) is 4.34. The monoisotopic (exact) mass is 393 g/mol. The van der Waals surface area contributed by atoms with E-state index in [1.54, 1.807) is 23.4 Å². The number of anilines is 1. The number of alkyl halides is 3. The van der Waals surface area contributed by atoms with Crippen LogP contribution < -0.4 is 10.2 Å². The lowest BCUT2D eigenvalue weighted by atomic mass is 10.1. The predicted octanol–water partition coefficient (Wildman–Crippen LogP) is 1.57. The molecule has 28 heavy (non-hydrogen) atoms. The van der Waals surface area contributed by atoms with E-state index in [1.807, 2.05) is 4.90 Å². The van der Waals surface area contributed by atoms with Crippen LogP contribution in [0.25, 0.3) is 0 Å². The number of hydrogen-bond donors (Lipinski definition) is 1. The van der Waals surface area contributed by atoms with Gasteiger partial charge in [0, 0.05) is 44.1 Å².